The summed E-state index contributed by atoms with van der Waals surface area (Å²) >= 11 is 5.08. The third-order valence-electron chi connectivity index (χ3n) is 3.08. The van der Waals surface area contributed by atoms with E-state index in [1.807, 2.05) is 6.92 Å². The van der Waals surface area contributed by atoms with Crippen molar-refractivity contribution < 1.29 is 14.4 Å². The maximum atomic E-state index is 11.5. The summed E-state index contributed by atoms with van der Waals surface area (Å²) in [5, 5.41) is 5.63. The molecule has 0 fully saturated rings. The summed E-state index contributed by atoms with van der Waals surface area (Å²) in [5.41, 5.74) is 10.7. The summed E-state index contributed by atoms with van der Waals surface area (Å²) in [6.45, 7) is 3.31. The Bertz CT molecular complexity index is 651. The Hall–Kier alpha value is -2.46. The van der Waals surface area contributed by atoms with Gasteiger partial charge in [0.2, 0.25) is 0 Å². The molecule has 0 aliphatic carbocycles. The number of carbonyl (C=O) groups excluding carboxylic acids is 3. The first kappa shape index (κ1) is 19.6. The van der Waals surface area contributed by atoms with Crippen LogP contribution in [0.1, 0.15) is 37.2 Å². The van der Waals surface area contributed by atoms with Crippen molar-refractivity contribution in [2.45, 2.75) is 38.8 Å². The lowest BCUT2D eigenvalue weighted by Gasteiger charge is -2.16. The average molecular weight is 352 g/mol. The predicted molar refractivity (Wildman–Crippen MR) is 93.8 cm³/mol. The van der Waals surface area contributed by atoms with Crippen molar-refractivity contribution in [3.63, 3.8) is 0 Å². The van der Waals surface area contributed by atoms with Gasteiger partial charge in [-0.15, -0.1) is 0 Å². The number of anilines is 2. The fraction of sp³-hybridized carbons (Fsp3) is 0.429. The van der Waals surface area contributed by atoms with Crippen LogP contribution in [0.3, 0.4) is 0 Å². The van der Waals surface area contributed by atoms with Gasteiger partial charge in [-0.05, 0) is 13.3 Å². The highest BCUT2D eigenvalue weighted by Gasteiger charge is 2.17. The number of nitrogens with one attached hydrogen (secondary N) is 2. The lowest BCUT2D eigenvalue weighted by molar-refractivity contribution is -0.117. The number of hydrogen-bond acceptors (Lipinski definition) is 8. The molecule has 1 rings (SSSR count). The second-order valence-corrected chi connectivity index (χ2v) is 5.58. The van der Waals surface area contributed by atoms with E-state index in [0.29, 0.717) is 12.7 Å². The van der Waals surface area contributed by atoms with E-state index in [-0.39, 0.29) is 34.5 Å². The third-order valence-corrected chi connectivity index (χ3v) is 3.35. The minimum absolute atomic E-state index is 0.0361. The molecule has 0 saturated heterocycles. The lowest BCUT2D eigenvalue weighted by atomic mass is 10.1. The minimum Gasteiger partial charge on any atom is -0.364 e. The standard InChI is InChI=1S/C14H20N6O3S/c1-3-9(7(2)22)18-10-5-17-12(13(16)23)14(19-10)20-11(24)4-8(15)6-21/h5-6,8-9H,3-4,15H2,1-2H3,(H2,16,23)(H2,18,19,20,24). The van der Waals surface area contributed by atoms with E-state index in [0.717, 1.165) is 0 Å². The SMILES string of the molecule is CCC(Nc1cnc(C(N)=O)c(NC(=S)CC(N)C=O)n1)C(C)=O. The molecular formula is C14H20N6O3S. The number of hydrogen-bond donors (Lipinski definition) is 4. The number of Topliss-reactive ketones (excluding diaryl/α,β-unsaturated/α-hetero) is 1. The van der Waals surface area contributed by atoms with E-state index >= 15 is 0 Å². The molecule has 0 saturated carbocycles. The minimum atomic E-state index is -0.794. The zero-order valence-electron chi connectivity index (χ0n) is 13.4. The van der Waals surface area contributed by atoms with Crippen LogP contribution in [0, 0.1) is 0 Å². The van der Waals surface area contributed by atoms with Gasteiger partial charge in [0.25, 0.3) is 5.91 Å². The van der Waals surface area contributed by atoms with Gasteiger partial charge in [-0.25, -0.2) is 9.97 Å². The fourth-order valence-corrected chi connectivity index (χ4v) is 2.13. The van der Waals surface area contributed by atoms with E-state index in [1.165, 1.54) is 13.1 Å². The molecule has 0 spiro atoms. The number of rotatable bonds is 9. The number of thiocarbonyl (C=S) groups is 1. The fourth-order valence-electron chi connectivity index (χ4n) is 1.84. The molecule has 6 N–H and O–H groups in total. The molecule has 1 amide bonds. The van der Waals surface area contributed by atoms with Crippen LogP contribution >= 0.6 is 12.2 Å². The Morgan fingerprint density at radius 2 is 2.12 bits per heavy atom. The van der Waals surface area contributed by atoms with Gasteiger partial charge in [0, 0.05) is 6.42 Å². The van der Waals surface area contributed by atoms with Crippen molar-refractivity contribution in [3.05, 3.63) is 11.9 Å². The Kier molecular flexibility index (Phi) is 7.33. The van der Waals surface area contributed by atoms with Crippen LogP contribution in [-0.2, 0) is 9.59 Å². The molecule has 1 heterocycles. The molecule has 9 nitrogen and oxygen atoms in total. The zero-order chi connectivity index (χ0) is 18.3. The van der Waals surface area contributed by atoms with E-state index in [4.69, 9.17) is 23.7 Å². The first-order valence-electron chi connectivity index (χ1n) is 7.23. The largest absolute Gasteiger partial charge is 0.364 e. The third kappa shape index (κ3) is 5.63. The number of nitrogens with two attached hydrogens (primary N) is 2. The number of aldehydes is 1. The molecule has 24 heavy (non-hydrogen) atoms. The van der Waals surface area contributed by atoms with Crippen LogP contribution in [0.4, 0.5) is 11.6 Å². The molecule has 10 heteroatoms. The highest BCUT2D eigenvalue weighted by atomic mass is 32.1. The van der Waals surface area contributed by atoms with Gasteiger partial charge in [0.1, 0.15) is 12.1 Å². The normalized spacial score (nSPS) is 12.8. The second kappa shape index (κ2) is 8.99. The van der Waals surface area contributed by atoms with E-state index in [1.54, 1.807) is 0 Å². The topological polar surface area (TPSA) is 153 Å². The number of amides is 1. The van der Waals surface area contributed by atoms with Crippen molar-refractivity contribution in [2.75, 3.05) is 10.6 Å². The smallest absolute Gasteiger partial charge is 0.271 e. The van der Waals surface area contributed by atoms with Crippen LogP contribution in [-0.4, -0.2) is 45.0 Å². The van der Waals surface area contributed by atoms with Gasteiger partial charge < -0.3 is 26.9 Å². The highest BCUT2D eigenvalue weighted by molar-refractivity contribution is 7.80. The van der Waals surface area contributed by atoms with Crippen LogP contribution < -0.4 is 22.1 Å². The summed E-state index contributed by atoms with van der Waals surface area (Å²) in [5.74, 6) is -0.529. The molecule has 2 unspecified atom stereocenters. The highest BCUT2D eigenvalue weighted by Crippen LogP contribution is 2.15. The summed E-state index contributed by atoms with van der Waals surface area (Å²) in [6.07, 6.45) is 2.51. The number of ketones is 1. The van der Waals surface area contributed by atoms with Crippen molar-refractivity contribution in [2.24, 2.45) is 11.5 Å². The van der Waals surface area contributed by atoms with Gasteiger partial charge >= 0.3 is 0 Å². The summed E-state index contributed by atoms with van der Waals surface area (Å²) in [6, 6.07) is -1.19. The van der Waals surface area contributed by atoms with Crippen molar-refractivity contribution in [3.8, 4) is 0 Å². The van der Waals surface area contributed by atoms with Crippen LogP contribution in [0.2, 0.25) is 0 Å². The number of aromatic nitrogens is 2. The predicted octanol–water partition coefficient (Wildman–Crippen LogP) is 0.0106. The van der Waals surface area contributed by atoms with Gasteiger partial charge in [0.15, 0.2) is 17.3 Å². The van der Waals surface area contributed by atoms with Crippen LogP contribution in [0.25, 0.3) is 0 Å². The first-order chi connectivity index (χ1) is 11.3. The molecule has 0 radical (unpaired) electrons. The molecule has 130 valence electrons. The zero-order valence-corrected chi connectivity index (χ0v) is 14.2. The lowest BCUT2D eigenvalue weighted by Crippen LogP contribution is -2.29. The molecule has 0 aliphatic rings. The maximum absolute atomic E-state index is 11.5. The summed E-state index contributed by atoms with van der Waals surface area (Å²) in [7, 11) is 0. The van der Waals surface area contributed by atoms with Gasteiger partial charge in [-0.3, -0.25) is 9.59 Å². The molecule has 1 aromatic rings. The van der Waals surface area contributed by atoms with Gasteiger partial charge in [-0.1, -0.05) is 19.1 Å². The molecule has 1 aromatic heterocycles. The number of carbonyl (C=O) groups is 3. The van der Waals surface area contributed by atoms with Gasteiger partial charge in [-0.2, -0.15) is 0 Å². The number of nitrogens with zero attached hydrogens (tertiary/aromatic N) is 2. The van der Waals surface area contributed by atoms with E-state index in [9.17, 15) is 14.4 Å². The van der Waals surface area contributed by atoms with Crippen LogP contribution in [0.5, 0.6) is 0 Å². The molecule has 2 atom stereocenters. The summed E-state index contributed by atoms with van der Waals surface area (Å²) in [4.78, 5) is 41.9. The molecule has 0 aliphatic heterocycles. The second-order valence-electron chi connectivity index (χ2n) is 5.08. The monoisotopic (exact) mass is 352 g/mol. The Morgan fingerprint density at radius 1 is 1.46 bits per heavy atom. The molecule has 0 aromatic carbocycles. The van der Waals surface area contributed by atoms with Gasteiger partial charge in [0.05, 0.1) is 23.3 Å². The van der Waals surface area contributed by atoms with Crippen molar-refractivity contribution in [1.82, 2.24) is 9.97 Å². The average Bonchev–Trinajstić information content (AvgIpc) is 2.51. The Labute approximate surface area is 144 Å². The van der Waals surface area contributed by atoms with Crippen molar-refractivity contribution >= 4 is 46.8 Å². The van der Waals surface area contributed by atoms with E-state index < -0.39 is 18.0 Å². The Morgan fingerprint density at radius 3 is 2.62 bits per heavy atom. The first-order valence-corrected chi connectivity index (χ1v) is 7.63. The maximum Gasteiger partial charge on any atom is 0.271 e. The van der Waals surface area contributed by atoms with Crippen molar-refractivity contribution in [1.29, 1.82) is 0 Å². The summed E-state index contributed by atoms with van der Waals surface area (Å²) < 4.78 is 0. The molecular weight excluding hydrogens is 332 g/mol. The van der Waals surface area contributed by atoms with E-state index in [2.05, 4.69) is 20.6 Å². The quantitative estimate of drug-likeness (QED) is 0.355. The number of primary amides is 1. The Balaban J connectivity index is 3.04. The van der Waals surface area contributed by atoms with Crippen LogP contribution in [0.15, 0.2) is 6.20 Å². The molecule has 0 bridgehead atoms.